The lowest BCUT2D eigenvalue weighted by Crippen LogP contribution is -2.48. The smallest absolute Gasteiger partial charge is 0.217 e. The van der Waals surface area contributed by atoms with E-state index in [4.69, 9.17) is 4.74 Å². The van der Waals surface area contributed by atoms with Gasteiger partial charge in [-0.05, 0) is 43.4 Å². The summed E-state index contributed by atoms with van der Waals surface area (Å²) in [6, 6.07) is 9.35. The Morgan fingerprint density at radius 2 is 2.05 bits per heavy atom. The van der Waals surface area contributed by atoms with Crippen LogP contribution in [0.3, 0.4) is 0 Å². The second kappa shape index (κ2) is 6.56. The van der Waals surface area contributed by atoms with Crippen molar-refractivity contribution in [2.75, 3.05) is 38.5 Å². The molecule has 3 rings (SSSR count). The lowest BCUT2D eigenvalue weighted by Gasteiger charge is -2.39. The first-order valence-electron chi connectivity index (χ1n) is 7.96. The topological polar surface area (TPSA) is 58.6 Å². The third-order valence-electron chi connectivity index (χ3n) is 4.71. The largest absolute Gasteiger partial charge is 0.492 e. The molecule has 0 aliphatic carbocycles. The maximum absolute atomic E-state index is 12.5. The van der Waals surface area contributed by atoms with Gasteiger partial charge in [0.2, 0.25) is 10.0 Å². The first-order valence-corrected chi connectivity index (χ1v) is 9.57. The molecule has 2 heterocycles. The summed E-state index contributed by atoms with van der Waals surface area (Å²) in [6.07, 6.45) is 3.17. The molecule has 0 radical (unpaired) electrons. The number of para-hydroxylation sites is 1. The van der Waals surface area contributed by atoms with Crippen LogP contribution in [0.4, 0.5) is 0 Å². The van der Waals surface area contributed by atoms with E-state index in [-0.39, 0.29) is 17.8 Å². The lowest BCUT2D eigenvalue weighted by molar-refractivity contribution is 0.166. The number of benzene rings is 1. The number of hydrogen-bond acceptors (Lipinski definition) is 4. The molecule has 1 aromatic carbocycles. The number of ether oxygens (including phenoxy) is 1. The van der Waals surface area contributed by atoms with E-state index in [1.165, 1.54) is 0 Å². The van der Waals surface area contributed by atoms with E-state index in [2.05, 4.69) is 5.32 Å². The van der Waals surface area contributed by atoms with Crippen molar-refractivity contribution in [1.82, 2.24) is 9.62 Å². The first kappa shape index (κ1) is 15.8. The van der Waals surface area contributed by atoms with E-state index >= 15 is 0 Å². The van der Waals surface area contributed by atoms with Gasteiger partial charge in [0.15, 0.2) is 0 Å². The van der Waals surface area contributed by atoms with E-state index in [1.54, 1.807) is 4.31 Å². The van der Waals surface area contributed by atoms with Crippen LogP contribution in [-0.4, -0.2) is 51.3 Å². The molecule has 2 aliphatic heterocycles. The van der Waals surface area contributed by atoms with Crippen LogP contribution in [0, 0.1) is 5.41 Å². The summed E-state index contributed by atoms with van der Waals surface area (Å²) in [5.74, 6) is 0.763. The molecule has 0 bridgehead atoms. The standard InChI is InChI=1S/C16H24N2O3S/c19-22(20,12-11-21-15-5-2-1-3-6-15)18-10-4-7-16(14-18)8-9-17-13-16/h1-3,5-6,17H,4,7-14H2. The predicted molar refractivity (Wildman–Crippen MR) is 86.5 cm³/mol. The highest BCUT2D eigenvalue weighted by atomic mass is 32.2. The average Bonchev–Trinajstić information content (AvgIpc) is 2.96. The number of piperidine rings is 1. The van der Waals surface area contributed by atoms with Crippen molar-refractivity contribution in [3.8, 4) is 5.75 Å². The highest BCUT2D eigenvalue weighted by Gasteiger charge is 2.41. The maximum atomic E-state index is 12.5. The zero-order valence-corrected chi connectivity index (χ0v) is 13.6. The van der Waals surface area contributed by atoms with Gasteiger partial charge in [-0.2, -0.15) is 0 Å². The second-order valence-corrected chi connectivity index (χ2v) is 8.43. The van der Waals surface area contributed by atoms with Gasteiger partial charge in [-0.3, -0.25) is 0 Å². The minimum atomic E-state index is -3.24. The van der Waals surface area contributed by atoms with Crippen LogP contribution in [0.15, 0.2) is 30.3 Å². The Kier molecular flexibility index (Phi) is 4.70. The minimum Gasteiger partial charge on any atom is -0.492 e. The molecule has 1 spiro atoms. The Morgan fingerprint density at radius 3 is 2.77 bits per heavy atom. The van der Waals surface area contributed by atoms with Crippen molar-refractivity contribution in [2.45, 2.75) is 19.3 Å². The van der Waals surface area contributed by atoms with Crippen LogP contribution in [0.25, 0.3) is 0 Å². The second-order valence-electron chi connectivity index (χ2n) is 6.34. The Hall–Kier alpha value is -1.11. The third-order valence-corrected chi connectivity index (χ3v) is 6.49. The molecule has 22 heavy (non-hydrogen) atoms. The number of sulfonamides is 1. The molecule has 0 saturated carbocycles. The zero-order valence-electron chi connectivity index (χ0n) is 12.8. The molecule has 1 N–H and O–H groups in total. The minimum absolute atomic E-state index is 0.0470. The zero-order chi connectivity index (χ0) is 15.5. The van der Waals surface area contributed by atoms with E-state index in [9.17, 15) is 8.42 Å². The molecule has 2 aliphatic rings. The highest BCUT2D eigenvalue weighted by molar-refractivity contribution is 7.89. The van der Waals surface area contributed by atoms with Crippen LogP contribution in [-0.2, 0) is 10.0 Å². The quantitative estimate of drug-likeness (QED) is 0.891. The van der Waals surface area contributed by atoms with Crippen molar-refractivity contribution in [2.24, 2.45) is 5.41 Å². The van der Waals surface area contributed by atoms with Crippen LogP contribution in [0.1, 0.15) is 19.3 Å². The van der Waals surface area contributed by atoms with Crippen LogP contribution in [0.2, 0.25) is 0 Å². The van der Waals surface area contributed by atoms with Crippen molar-refractivity contribution in [3.05, 3.63) is 30.3 Å². The number of nitrogens with zero attached hydrogens (tertiary/aromatic N) is 1. The molecular formula is C16H24N2O3S. The third kappa shape index (κ3) is 3.62. The molecule has 0 aromatic heterocycles. The fourth-order valence-electron chi connectivity index (χ4n) is 3.45. The fraction of sp³-hybridized carbons (Fsp3) is 0.625. The van der Waals surface area contributed by atoms with E-state index in [0.717, 1.165) is 32.4 Å². The molecule has 2 saturated heterocycles. The Morgan fingerprint density at radius 1 is 1.23 bits per heavy atom. The highest BCUT2D eigenvalue weighted by Crippen LogP contribution is 2.36. The van der Waals surface area contributed by atoms with Crippen molar-refractivity contribution >= 4 is 10.0 Å². The van der Waals surface area contributed by atoms with E-state index in [1.807, 2.05) is 30.3 Å². The van der Waals surface area contributed by atoms with Gasteiger partial charge in [-0.25, -0.2) is 12.7 Å². The predicted octanol–water partition coefficient (Wildman–Crippen LogP) is 1.47. The van der Waals surface area contributed by atoms with Gasteiger partial charge < -0.3 is 10.1 Å². The summed E-state index contributed by atoms with van der Waals surface area (Å²) < 4.78 is 32.3. The molecule has 6 heteroatoms. The Labute approximate surface area is 132 Å². The van der Waals surface area contributed by atoms with Crippen LogP contribution in [0.5, 0.6) is 5.75 Å². The first-order chi connectivity index (χ1) is 10.6. The molecule has 2 fully saturated rings. The summed E-state index contributed by atoms with van der Waals surface area (Å²) >= 11 is 0. The van der Waals surface area contributed by atoms with Gasteiger partial charge in [0.05, 0.1) is 5.75 Å². The van der Waals surface area contributed by atoms with Crippen LogP contribution >= 0.6 is 0 Å². The number of nitrogens with one attached hydrogen (secondary N) is 1. The van der Waals surface area contributed by atoms with Crippen LogP contribution < -0.4 is 10.1 Å². The van der Waals surface area contributed by atoms with Gasteiger partial charge >= 0.3 is 0 Å². The molecule has 1 aromatic rings. The maximum Gasteiger partial charge on any atom is 0.217 e. The SMILES string of the molecule is O=S(=O)(CCOc1ccccc1)N1CCCC2(CCNC2)C1. The molecule has 5 nitrogen and oxygen atoms in total. The van der Waals surface area contributed by atoms with Gasteiger partial charge in [0.25, 0.3) is 0 Å². The summed E-state index contributed by atoms with van der Waals surface area (Å²) in [5, 5.41) is 3.37. The van der Waals surface area contributed by atoms with Gasteiger partial charge in [0, 0.05) is 19.6 Å². The summed E-state index contributed by atoms with van der Waals surface area (Å²) in [4.78, 5) is 0. The van der Waals surface area contributed by atoms with Gasteiger partial charge in [0.1, 0.15) is 12.4 Å². The van der Waals surface area contributed by atoms with Crippen molar-refractivity contribution < 1.29 is 13.2 Å². The summed E-state index contributed by atoms with van der Waals surface area (Å²) in [6.45, 7) is 3.46. The van der Waals surface area contributed by atoms with Crippen molar-refractivity contribution in [1.29, 1.82) is 0 Å². The number of rotatable bonds is 5. The van der Waals surface area contributed by atoms with Crippen molar-refractivity contribution in [3.63, 3.8) is 0 Å². The van der Waals surface area contributed by atoms with Gasteiger partial charge in [-0.1, -0.05) is 18.2 Å². The lowest BCUT2D eigenvalue weighted by atomic mass is 9.80. The molecule has 1 unspecified atom stereocenters. The molecule has 0 amide bonds. The molecule has 1 atom stereocenters. The molecular weight excluding hydrogens is 300 g/mol. The Bertz CT molecular complexity index is 583. The van der Waals surface area contributed by atoms with E-state index in [0.29, 0.717) is 18.8 Å². The normalized spacial score (nSPS) is 26.4. The van der Waals surface area contributed by atoms with E-state index < -0.39 is 10.0 Å². The summed E-state index contributed by atoms with van der Waals surface area (Å²) in [5.41, 5.74) is 0.158. The number of hydrogen-bond donors (Lipinski definition) is 1. The van der Waals surface area contributed by atoms with Gasteiger partial charge in [-0.15, -0.1) is 0 Å². The Balaban J connectivity index is 1.55. The fourth-order valence-corrected chi connectivity index (χ4v) is 4.88. The summed E-state index contributed by atoms with van der Waals surface area (Å²) in [7, 11) is -3.24. The average molecular weight is 324 g/mol. The monoisotopic (exact) mass is 324 g/mol. The molecule has 122 valence electrons.